The lowest BCUT2D eigenvalue weighted by Gasteiger charge is -2.30. The van der Waals surface area contributed by atoms with Gasteiger partial charge in [0, 0.05) is 18.3 Å². The number of carbonyl (C=O) groups is 2. The highest BCUT2D eigenvalue weighted by molar-refractivity contribution is 6.08. The van der Waals surface area contributed by atoms with Gasteiger partial charge in [-0.15, -0.1) is 0 Å². The van der Waals surface area contributed by atoms with Crippen LogP contribution in [0.25, 0.3) is 0 Å². The first-order valence-corrected chi connectivity index (χ1v) is 7.83. The first-order chi connectivity index (χ1) is 12.0. The van der Waals surface area contributed by atoms with Crippen molar-refractivity contribution in [1.82, 2.24) is 0 Å². The molecule has 0 spiro atoms. The van der Waals surface area contributed by atoms with Crippen LogP contribution in [0.3, 0.4) is 0 Å². The number of ether oxygens (including phenoxy) is 1. The highest BCUT2D eigenvalue weighted by atomic mass is 16.5. The number of phenols is 2. The number of rotatable bonds is 4. The van der Waals surface area contributed by atoms with Gasteiger partial charge in [-0.2, -0.15) is 0 Å². The van der Waals surface area contributed by atoms with Gasteiger partial charge in [-0.05, 0) is 48.7 Å². The van der Waals surface area contributed by atoms with Crippen molar-refractivity contribution in [3.05, 3.63) is 47.5 Å². The topological polar surface area (TPSA) is 113 Å². The summed E-state index contributed by atoms with van der Waals surface area (Å²) in [6, 6.07) is 9.10. The molecule has 4 N–H and O–H groups in total. The number of benzene rings is 2. The lowest BCUT2D eigenvalue weighted by Crippen LogP contribution is -2.35. The summed E-state index contributed by atoms with van der Waals surface area (Å²) in [5.41, 5.74) is 6.84. The molecule has 0 bridgehead atoms. The maximum absolute atomic E-state index is 12.8. The first kappa shape index (κ1) is 16.6. The predicted octanol–water partition coefficient (Wildman–Crippen LogP) is 1.55. The number of aryl methyl sites for hydroxylation is 1. The number of amides is 2. The van der Waals surface area contributed by atoms with Crippen LogP contribution in [0.5, 0.6) is 17.2 Å². The molecule has 7 heteroatoms. The normalized spacial score (nSPS) is 13.2. The van der Waals surface area contributed by atoms with Crippen molar-refractivity contribution in [2.75, 3.05) is 18.1 Å². The Balaban J connectivity index is 1.88. The molecule has 0 fully saturated rings. The van der Waals surface area contributed by atoms with Gasteiger partial charge in [-0.3, -0.25) is 9.59 Å². The fourth-order valence-corrected chi connectivity index (χ4v) is 2.87. The van der Waals surface area contributed by atoms with E-state index >= 15 is 0 Å². The number of aromatic hydroxyl groups is 2. The van der Waals surface area contributed by atoms with Crippen LogP contribution in [0.15, 0.2) is 36.4 Å². The highest BCUT2D eigenvalue weighted by Crippen LogP contribution is 2.33. The third-order valence-corrected chi connectivity index (χ3v) is 4.01. The largest absolute Gasteiger partial charge is 0.508 e. The van der Waals surface area contributed by atoms with Crippen molar-refractivity contribution < 1.29 is 24.5 Å². The van der Waals surface area contributed by atoms with Gasteiger partial charge in [-0.25, -0.2) is 0 Å². The van der Waals surface area contributed by atoms with Crippen LogP contribution in [0.4, 0.5) is 5.69 Å². The van der Waals surface area contributed by atoms with E-state index < -0.39 is 5.91 Å². The third-order valence-electron chi connectivity index (χ3n) is 4.01. The monoisotopic (exact) mass is 342 g/mol. The summed E-state index contributed by atoms with van der Waals surface area (Å²) >= 11 is 0. The molecule has 1 aliphatic heterocycles. The molecule has 1 aliphatic rings. The van der Waals surface area contributed by atoms with E-state index in [1.54, 1.807) is 23.1 Å². The highest BCUT2D eigenvalue weighted by Gasteiger charge is 2.25. The zero-order valence-electron chi connectivity index (χ0n) is 13.4. The Morgan fingerprint density at radius 1 is 1.16 bits per heavy atom. The Hall–Kier alpha value is -3.22. The molecule has 0 aliphatic carbocycles. The molecule has 0 aromatic heterocycles. The number of primary amides is 1. The molecule has 2 aromatic carbocycles. The first-order valence-electron chi connectivity index (χ1n) is 7.83. The second-order valence-corrected chi connectivity index (χ2v) is 5.81. The maximum Gasteiger partial charge on any atom is 0.262 e. The molecule has 0 radical (unpaired) electrons. The second-order valence-electron chi connectivity index (χ2n) is 5.81. The van der Waals surface area contributed by atoms with Crippen molar-refractivity contribution in [3.8, 4) is 17.2 Å². The van der Waals surface area contributed by atoms with Crippen molar-refractivity contribution in [2.45, 2.75) is 12.8 Å². The molecular weight excluding hydrogens is 324 g/mol. The Labute approximate surface area is 144 Å². The van der Waals surface area contributed by atoms with Crippen LogP contribution in [0.2, 0.25) is 0 Å². The van der Waals surface area contributed by atoms with E-state index in [-0.39, 0.29) is 29.6 Å². The Bertz CT molecular complexity index is 834. The number of hydrogen-bond donors (Lipinski definition) is 3. The van der Waals surface area contributed by atoms with Crippen molar-refractivity contribution in [1.29, 1.82) is 0 Å². The van der Waals surface area contributed by atoms with E-state index in [9.17, 15) is 19.8 Å². The van der Waals surface area contributed by atoms with E-state index in [1.165, 1.54) is 12.1 Å². The Morgan fingerprint density at radius 2 is 1.96 bits per heavy atom. The number of anilines is 1. The van der Waals surface area contributed by atoms with Gasteiger partial charge >= 0.3 is 0 Å². The molecule has 3 rings (SSSR count). The second kappa shape index (κ2) is 6.72. The summed E-state index contributed by atoms with van der Waals surface area (Å²) < 4.78 is 5.30. The molecule has 0 unspecified atom stereocenters. The summed E-state index contributed by atoms with van der Waals surface area (Å²) in [7, 11) is 0. The molecule has 1 heterocycles. The van der Waals surface area contributed by atoms with Crippen LogP contribution in [0.1, 0.15) is 22.3 Å². The van der Waals surface area contributed by atoms with Gasteiger partial charge < -0.3 is 25.6 Å². The van der Waals surface area contributed by atoms with Crippen molar-refractivity contribution in [2.24, 2.45) is 5.73 Å². The van der Waals surface area contributed by atoms with Crippen molar-refractivity contribution in [3.63, 3.8) is 0 Å². The number of phenolic OH excluding ortho intramolecular Hbond substituents is 2. The smallest absolute Gasteiger partial charge is 0.262 e. The fraction of sp³-hybridized carbons (Fsp3) is 0.222. The Morgan fingerprint density at radius 3 is 2.68 bits per heavy atom. The molecule has 0 atom stereocenters. The molecule has 2 amide bonds. The lowest BCUT2D eigenvalue weighted by molar-refractivity contribution is -0.119. The van der Waals surface area contributed by atoms with Crippen LogP contribution < -0.4 is 15.4 Å². The van der Waals surface area contributed by atoms with E-state index in [4.69, 9.17) is 10.5 Å². The fourth-order valence-electron chi connectivity index (χ4n) is 2.87. The van der Waals surface area contributed by atoms with Crippen LogP contribution in [-0.2, 0) is 11.2 Å². The summed E-state index contributed by atoms with van der Waals surface area (Å²) in [6.07, 6.45) is 1.53. The van der Waals surface area contributed by atoms with Gasteiger partial charge in [0.1, 0.15) is 17.2 Å². The molecule has 0 saturated heterocycles. The van der Waals surface area contributed by atoms with Gasteiger partial charge in [0.15, 0.2) is 6.61 Å². The number of fused-ring (bicyclic) bond motifs is 1. The lowest BCUT2D eigenvalue weighted by atomic mass is 10.00. The molecular formula is C18H18N2O5. The zero-order chi connectivity index (χ0) is 18.0. The van der Waals surface area contributed by atoms with Crippen LogP contribution in [0, 0.1) is 0 Å². The minimum atomic E-state index is -0.558. The number of nitrogens with two attached hydrogens (primary N) is 1. The van der Waals surface area contributed by atoms with Crippen LogP contribution in [-0.4, -0.2) is 35.2 Å². The minimum absolute atomic E-state index is 0.107. The van der Waals surface area contributed by atoms with Gasteiger partial charge in [-0.1, -0.05) is 0 Å². The summed E-state index contributed by atoms with van der Waals surface area (Å²) in [4.78, 5) is 25.2. The van der Waals surface area contributed by atoms with Crippen molar-refractivity contribution >= 4 is 17.5 Å². The Kier molecular flexibility index (Phi) is 4.47. The number of hydrogen-bond acceptors (Lipinski definition) is 5. The average molecular weight is 342 g/mol. The van der Waals surface area contributed by atoms with E-state index in [0.29, 0.717) is 12.3 Å². The van der Waals surface area contributed by atoms with E-state index in [1.807, 2.05) is 0 Å². The maximum atomic E-state index is 12.8. The zero-order valence-corrected chi connectivity index (χ0v) is 13.4. The quantitative estimate of drug-likeness (QED) is 0.780. The minimum Gasteiger partial charge on any atom is -0.508 e. The number of carbonyl (C=O) groups excluding carboxylic acids is 2. The predicted molar refractivity (Wildman–Crippen MR) is 90.9 cm³/mol. The summed E-state index contributed by atoms with van der Waals surface area (Å²) in [5, 5.41) is 19.3. The number of nitrogens with zero attached hydrogens (tertiary/aromatic N) is 1. The molecule has 130 valence electrons. The molecule has 7 nitrogen and oxygen atoms in total. The van der Waals surface area contributed by atoms with E-state index in [0.717, 1.165) is 30.2 Å². The average Bonchev–Trinajstić information content (AvgIpc) is 2.58. The SMILES string of the molecule is NC(=O)COc1ccc2c(c1)CCCN2C(=O)c1ccc(O)cc1O. The molecule has 0 saturated carbocycles. The molecule has 2 aromatic rings. The third kappa shape index (κ3) is 3.50. The standard InChI is InChI=1S/C18H18N2O5/c19-17(23)10-25-13-4-6-15-11(8-13)2-1-7-20(15)18(24)14-5-3-12(21)9-16(14)22/h3-6,8-9,21-22H,1-2,7,10H2,(H2,19,23). The summed E-state index contributed by atoms with van der Waals surface area (Å²) in [6.45, 7) is 0.316. The van der Waals surface area contributed by atoms with Crippen LogP contribution >= 0.6 is 0 Å². The van der Waals surface area contributed by atoms with E-state index in [2.05, 4.69) is 0 Å². The van der Waals surface area contributed by atoms with Gasteiger partial charge in [0.05, 0.1) is 5.56 Å². The van der Waals surface area contributed by atoms with Gasteiger partial charge in [0.2, 0.25) is 0 Å². The van der Waals surface area contributed by atoms with Gasteiger partial charge in [0.25, 0.3) is 11.8 Å². The molecule has 25 heavy (non-hydrogen) atoms. The summed E-state index contributed by atoms with van der Waals surface area (Å²) in [5.74, 6) is -0.760.